The molecule has 0 nitrogen and oxygen atoms in total. The van der Waals surface area contributed by atoms with Gasteiger partial charge in [0.1, 0.15) is 0 Å². The van der Waals surface area contributed by atoms with Crippen molar-refractivity contribution >= 4 is 13.9 Å². The largest absolute Gasteiger partial charge is 0.0849 e. The maximum atomic E-state index is 2.28. The van der Waals surface area contributed by atoms with Gasteiger partial charge in [0.25, 0.3) is 0 Å². The number of hydrogen-bond donors (Lipinski definition) is 0. The van der Waals surface area contributed by atoms with Gasteiger partial charge in [-0.2, -0.15) is 0 Å². The fourth-order valence-corrected chi connectivity index (χ4v) is 2.82. The molecule has 1 aromatic rings. The minimum Gasteiger partial charge on any atom is -0.0849 e. The van der Waals surface area contributed by atoms with Crippen LogP contribution in [-0.2, 0) is 0 Å². The molecule has 3 rings (SSSR count). The first-order valence-electron chi connectivity index (χ1n) is 7.24. The van der Waals surface area contributed by atoms with Gasteiger partial charge in [-0.25, -0.2) is 0 Å². The van der Waals surface area contributed by atoms with E-state index in [-0.39, 0.29) is 37.3 Å². The van der Waals surface area contributed by atoms with Gasteiger partial charge < -0.3 is 0 Å². The van der Waals surface area contributed by atoms with Crippen molar-refractivity contribution in [1.82, 2.24) is 0 Å². The molecular weight excluding hydrogens is 438 g/mol. The van der Waals surface area contributed by atoms with E-state index < -0.39 is 0 Å². The third-order valence-electron chi connectivity index (χ3n) is 2.40. The number of hydrogen-bond acceptors (Lipinski definition) is 0. The smallest absolute Gasteiger partial charge is 0 e. The van der Waals surface area contributed by atoms with Crippen molar-refractivity contribution in [2.45, 2.75) is 25.9 Å². The predicted octanol–water partition coefficient (Wildman–Crippen LogP) is 4.83. The van der Waals surface area contributed by atoms with Gasteiger partial charge in [0.15, 0.2) is 0 Å². The maximum Gasteiger partial charge on any atom is 0 e. The van der Waals surface area contributed by atoms with Crippen molar-refractivity contribution in [2.75, 3.05) is 0 Å². The van der Waals surface area contributed by atoms with E-state index in [1.165, 1.54) is 5.30 Å². The first-order valence-corrected chi connectivity index (χ1v) is 8.24. The molecule has 1 unspecified atom stereocenters. The summed E-state index contributed by atoms with van der Waals surface area (Å²) in [5, 5.41) is 1.89. The van der Waals surface area contributed by atoms with E-state index >= 15 is 0 Å². The maximum absolute atomic E-state index is 2.28. The van der Waals surface area contributed by atoms with Crippen molar-refractivity contribution in [3.05, 3.63) is 94.5 Å². The Kier molecular flexibility index (Phi) is 14.8. The summed E-state index contributed by atoms with van der Waals surface area (Å²) >= 11 is 0. The monoisotopic (exact) mass is 462 g/mol. The van der Waals surface area contributed by atoms with Crippen LogP contribution in [0.1, 0.15) is 20.8 Å². The minimum atomic E-state index is 0. The Morgan fingerprint density at radius 3 is 1.18 bits per heavy atom. The molecule has 10 radical (unpaired) electrons. The van der Waals surface area contributed by atoms with Gasteiger partial charge in [-0.15, -0.1) is 0 Å². The van der Waals surface area contributed by atoms with Crippen LogP contribution in [-0.4, -0.2) is 5.16 Å². The molecule has 122 valence electrons. The minimum absolute atomic E-state index is 0. The van der Waals surface area contributed by atoms with Crippen LogP contribution in [0.15, 0.2) is 30.3 Å². The first kappa shape index (κ1) is 22.9. The molecule has 2 fully saturated rings. The molecule has 2 saturated carbocycles. The molecule has 0 aromatic heterocycles. The Morgan fingerprint density at radius 2 is 0.909 bits per heavy atom. The van der Waals surface area contributed by atoms with E-state index in [0.29, 0.717) is 5.16 Å². The van der Waals surface area contributed by atoms with E-state index in [1.807, 2.05) is 64.2 Å². The van der Waals surface area contributed by atoms with Crippen LogP contribution in [0.4, 0.5) is 0 Å². The average molecular weight is 464 g/mol. The van der Waals surface area contributed by atoms with Crippen molar-refractivity contribution in [2.24, 2.45) is 0 Å². The predicted molar refractivity (Wildman–Crippen MR) is 97.1 cm³/mol. The summed E-state index contributed by atoms with van der Waals surface area (Å²) in [5.74, 6) is 0. The van der Waals surface area contributed by atoms with E-state index in [1.54, 1.807) is 0 Å². The Morgan fingerprint density at radius 1 is 0.591 bits per heavy atom. The van der Waals surface area contributed by atoms with Crippen LogP contribution in [0.3, 0.4) is 0 Å². The van der Waals surface area contributed by atoms with Crippen LogP contribution in [0.25, 0.3) is 0 Å². The first-order chi connectivity index (χ1) is 10.1. The second-order valence-corrected chi connectivity index (χ2v) is 7.99. The van der Waals surface area contributed by atoms with Crippen molar-refractivity contribution in [3.8, 4) is 0 Å². The van der Waals surface area contributed by atoms with Crippen LogP contribution < -0.4 is 5.30 Å². The second-order valence-electron chi connectivity index (χ2n) is 5.67. The zero-order valence-electron chi connectivity index (χ0n) is 13.4. The Hall–Kier alpha value is 0.897. The van der Waals surface area contributed by atoms with Gasteiger partial charge in [0.05, 0.1) is 0 Å². The van der Waals surface area contributed by atoms with Gasteiger partial charge in [-0.1, -0.05) is 59.7 Å². The Bertz CT molecular complexity index is 309. The number of benzene rings is 1. The molecular formula is C20H25ErP. The topological polar surface area (TPSA) is 0 Å². The van der Waals surface area contributed by atoms with Gasteiger partial charge in [0, 0.05) is 37.3 Å². The third kappa shape index (κ3) is 14.5. The summed E-state index contributed by atoms with van der Waals surface area (Å²) in [4.78, 5) is 0. The van der Waals surface area contributed by atoms with Crippen molar-refractivity contribution in [3.63, 3.8) is 0 Å². The molecule has 2 aliphatic carbocycles. The Labute approximate surface area is 170 Å². The van der Waals surface area contributed by atoms with Gasteiger partial charge in [-0.3, -0.25) is 0 Å². The molecule has 0 bridgehead atoms. The molecule has 0 heterocycles. The zero-order chi connectivity index (χ0) is 15.4. The molecule has 1 atom stereocenters. The summed E-state index contributed by atoms with van der Waals surface area (Å²) in [6.07, 6.45) is 20.0. The van der Waals surface area contributed by atoms with Crippen LogP contribution >= 0.6 is 8.58 Å². The Balaban J connectivity index is 0.000000334. The fraction of sp³-hybridized carbons (Fsp3) is 0.200. The molecule has 2 aliphatic rings. The quantitative estimate of drug-likeness (QED) is 0.523. The molecule has 0 N–H and O–H groups in total. The third-order valence-corrected chi connectivity index (χ3v) is 3.78. The molecule has 0 saturated heterocycles. The van der Waals surface area contributed by atoms with Crippen LogP contribution in [0.2, 0.25) is 0 Å². The van der Waals surface area contributed by atoms with Crippen LogP contribution in [0.5, 0.6) is 0 Å². The second kappa shape index (κ2) is 14.3. The summed E-state index contributed by atoms with van der Waals surface area (Å²) in [6, 6.07) is 10.7. The molecule has 0 aliphatic heterocycles. The summed E-state index contributed by atoms with van der Waals surface area (Å²) in [6.45, 7) is 6.83. The molecule has 22 heavy (non-hydrogen) atoms. The summed E-state index contributed by atoms with van der Waals surface area (Å²) in [7, 11) is 0.914. The zero-order valence-corrected chi connectivity index (χ0v) is 16.3. The van der Waals surface area contributed by atoms with Crippen molar-refractivity contribution in [1.29, 1.82) is 0 Å². The standard InChI is InChI=1S/C10H15P.2C5H5.Er/c1-10(2,3)11-9-7-5-4-6-8-9;2*1-2-4-5-3-1;/h4-8,11H,1-3H3;2*1-5H;. The molecule has 2 heteroatoms. The van der Waals surface area contributed by atoms with E-state index in [0.717, 1.165) is 8.58 Å². The summed E-state index contributed by atoms with van der Waals surface area (Å²) < 4.78 is 0. The van der Waals surface area contributed by atoms with Gasteiger partial charge in [-0.05, 0) is 74.7 Å². The summed E-state index contributed by atoms with van der Waals surface area (Å²) in [5.41, 5.74) is 0. The molecule has 1 aromatic carbocycles. The van der Waals surface area contributed by atoms with E-state index in [2.05, 4.69) is 51.1 Å². The average Bonchev–Trinajstić information content (AvgIpc) is 3.17. The SMILES string of the molecule is CC(C)(C)Pc1ccccc1.[CH]1[CH][CH][CH][CH]1.[CH]1[CH][CH][CH][CH]1.[Er]. The van der Waals surface area contributed by atoms with Gasteiger partial charge in [0.2, 0.25) is 0 Å². The molecule has 0 amide bonds. The normalized spacial score (nSPS) is 17.2. The molecule has 0 spiro atoms. The van der Waals surface area contributed by atoms with E-state index in [9.17, 15) is 0 Å². The van der Waals surface area contributed by atoms with Crippen LogP contribution in [0, 0.1) is 102 Å². The fourth-order valence-electron chi connectivity index (χ4n) is 1.60. The van der Waals surface area contributed by atoms with Crippen molar-refractivity contribution < 1.29 is 37.3 Å². The van der Waals surface area contributed by atoms with Gasteiger partial charge >= 0.3 is 0 Å². The van der Waals surface area contributed by atoms with E-state index in [4.69, 9.17) is 0 Å². The number of rotatable bonds is 1.